The third-order valence-electron chi connectivity index (χ3n) is 5.75. The molecule has 1 amide bonds. The Morgan fingerprint density at radius 2 is 1.52 bits per heavy atom. The molecule has 4 aromatic rings. The highest BCUT2D eigenvalue weighted by Gasteiger charge is 2.31. The summed E-state index contributed by atoms with van der Waals surface area (Å²) in [6.07, 6.45) is 0.562. The lowest BCUT2D eigenvalue weighted by Gasteiger charge is -2.20. The lowest BCUT2D eigenvalue weighted by atomic mass is 10.1. The van der Waals surface area contributed by atoms with E-state index >= 15 is 0 Å². The first-order valence-corrected chi connectivity index (χ1v) is 10.8. The number of nitrogens with one attached hydrogen (secondary N) is 1. The highest BCUT2D eigenvalue weighted by molar-refractivity contribution is 5.94. The summed E-state index contributed by atoms with van der Waals surface area (Å²) in [6, 6.07) is 19.5. The number of hydrogen-bond acceptors (Lipinski definition) is 4. The van der Waals surface area contributed by atoms with Crippen molar-refractivity contribution in [2.45, 2.75) is 31.5 Å². The van der Waals surface area contributed by atoms with Crippen molar-refractivity contribution in [3.05, 3.63) is 94.4 Å². The van der Waals surface area contributed by atoms with Crippen LogP contribution in [0, 0.1) is 5.82 Å². The summed E-state index contributed by atoms with van der Waals surface area (Å²) in [7, 11) is 0. The van der Waals surface area contributed by atoms with Crippen LogP contribution in [0.25, 0.3) is 21.8 Å². The van der Waals surface area contributed by atoms with Crippen molar-refractivity contribution >= 4 is 33.7 Å². The van der Waals surface area contributed by atoms with Crippen molar-refractivity contribution in [2.75, 3.05) is 0 Å². The Morgan fingerprint density at radius 3 is 2.09 bits per heavy atom. The number of rotatable bonds is 6. The van der Waals surface area contributed by atoms with E-state index in [-0.39, 0.29) is 18.0 Å². The van der Waals surface area contributed by atoms with Crippen molar-refractivity contribution in [3.8, 4) is 0 Å². The van der Waals surface area contributed by atoms with E-state index in [4.69, 9.17) is 4.74 Å². The van der Waals surface area contributed by atoms with E-state index in [0.717, 1.165) is 12.8 Å². The van der Waals surface area contributed by atoms with Crippen LogP contribution in [0.1, 0.15) is 24.5 Å². The van der Waals surface area contributed by atoms with Gasteiger partial charge in [0.15, 0.2) is 5.43 Å². The molecule has 6 nitrogen and oxygen atoms in total. The van der Waals surface area contributed by atoms with E-state index in [0.29, 0.717) is 27.4 Å². The van der Waals surface area contributed by atoms with Gasteiger partial charge in [-0.1, -0.05) is 36.4 Å². The lowest BCUT2D eigenvalue weighted by molar-refractivity contribution is -0.157. The number of hydrogen-bond donors (Lipinski definition) is 1. The van der Waals surface area contributed by atoms with E-state index in [1.807, 2.05) is 0 Å². The Hall–Kier alpha value is -4.00. The number of aromatic nitrogens is 1. The Morgan fingerprint density at radius 1 is 0.939 bits per heavy atom. The number of fused-ring (bicyclic) bond motifs is 2. The van der Waals surface area contributed by atoms with E-state index < -0.39 is 23.8 Å². The first-order chi connectivity index (χ1) is 16.0. The highest BCUT2D eigenvalue weighted by Crippen LogP contribution is 2.25. The summed E-state index contributed by atoms with van der Waals surface area (Å²) in [4.78, 5) is 38.8. The summed E-state index contributed by atoms with van der Waals surface area (Å²) in [6.45, 7) is -0.199. The predicted molar refractivity (Wildman–Crippen MR) is 122 cm³/mol. The Labute approximate surface area is 188 Å². The van der Waals surface area contributed by atoms with Gasteiger partial charge in [0.05, 0.1) is 11.0 Å². The fourth-order valence-corrected chi connectivity index (χ4v) is 3.96. The summed E-state index contributed by atoms with van der Waals surface area (Å²) in [5.41, 5.74) is 1.47. The van der Waals surface area contributed by atoms with Crippen molar-refractivity contribution in [1.82, 2.24) is 9.88 Å². The van der Waals surface area contributed by atoms with Crippen LogP contribution in [0.15, 0.2) is 77.6 Å². The molecule has 0 saturated heterocycles. The van der Waals surface area contributed by atoms with Crippen LogP contribution in [0.5, 0.6) is 0 Å². The fourth-order valence-electron chi connectivity index (χ4n) is 3.96. The van der Waals surface area contributed by atoms with Gasteiger partial charge in [-0.05, 0) is 49.2 Å². The van der Waals surface area contributed by atoms with Gasteiger partial charge >= 0.3 is 5.97 Å². The molecule has 0 radical (unpaired) electrons. The third kappa shape index (κ3) is 4.22. The average molecular weight is 444 g/mol. The number of carbonyl (C=O) groups is 2. The first kappa shape index (κ1) is 20.9. The minimum Gasteiger partial charge on any atom is -0.446 e. The first-order valence-electron chi connectivity index (χ1n) is 10.8. The number of halogens is 1. The molecule has 7 heteroatoms. The molecular formula is C26H21FN2O4. The molecule has 0 aliphatic heterocycles. The van der Waals surface area contributed by atoms with Gasteiger partial charge in [0, 0.05) is 22.4 Å². The van der Waals surface area contributed by atoms with Crippen molar-refractivity contribution < 1.29 is 18.7 Å². The topological polar surface area (TPSA) is 77.4 Å². The number of carbonyl (C=O) groups excluding carboxylic acids is 2. The van der Waals surface area contributed by atoms with Crippen molar-refractivity contribution in [1.29, 1.82) is 0 Å². The van der Waals surface area contributed by atoms with Gasteiger partial charge in [-0.15, -0.1) is 0 Å². The number of benzene rings is 3. The zero-order chi connectivity index (χ0) is 22.9. The minimum absolute atomic E-state index is 0.0750. The van der Waals surface area contributed by atoms with Crippen LogP contribution < -0.4 is 10.7 Å². The van der Waals surface area contributed by atoms with Gasteiger partial charge in [0.2, 0.25) is 6.10 Å². The second-order valence-corrected chi connectivity index (χ2v) is 8.15. The number of amides is 1. The number of para-hydroxylation sites is 2. The Kier molecular flexibility index (Phi) is 5.38. The summed E-state index contributed by atoms with van der Waals surface area (Å²) in [5.74, 6) is -1.53. The second-order valence-electron chi connectivity index (χ2n) is 8.15. The summed E-state index contributed by atoms with van der Waals surface area (Å²) < 4.78 is 20.8. The van der Waals surface area contributed by atoms with Gasteiger partial charge in [0.1, 0.15) is 12.4 Å². The highest BCUT2D eigenvalue weighted by atomic mass is 19.1. The SMILES string of the molecule is O=C(Cn1c2ccccc2c(=O)c2ccccc21)OC(C(=O)NC1CC1)c1ccc(F)cc1. The molecule has 1 fully saturated rings. The van der Waals surface area contributed by atoms with Gasteiger partial charge < -0.3 is 14.6 Å². The molecule has 1 heterocycles. The number of ether oxygens (including phenoxy) is 1. The molecule has 33 heavy (non-hydrogen) atoms. The van der Waals surface area contributed by atoms with E-state index in [1.165, 1.54) is 24.3 Å². The lowest BCUT2D eigenvalue weighted by Crippen LogP contribution is -2.34. The number of esters is 1. The van der Waals surface area contributed by atoms with Crippen LogP contribution in [-0.4, -0.2) is 22.5 Å². The second kappa shape index (κ2) is 8.50. The van der Waals surface area contributed by atoms with Crippen molar-refractivity contribution in [2.24, 2.45) is 0 Å². The molecule has 1 aliphatic rings. The smallest absolute Gasteiger partial charge is 0.327 e. The molecule has 166 valence electrons. The van der Waals surface area contributed by atoms with Gasteiger partial charge in [-0.2, -0.15) is 0 Å². The normalized spacial score (nSPS) is 14.2. The Balaban J connectivity index is 1.50. The maximum Gasteiger partial charge on any atom is 0.327 e. The molecule has 1 aliphatic carbocycles. The largest absolute Gasteiger partial charge is 0.446 e. The van der Waals surface area contributed by atoms with E-state index in [9.17, 15) is 18.8 Å². The fraction of sp³-hybridized carbons (Fsp3) is 0.192. The molecule has 0 bridgehead atoms. The van der Waals surface area contributed by atoms with Crippen LogP contribution in [-0.2, 0) is 20.9 Å². The predicted octanol–water partition coefficient (Wildman–Crippen LogP) is 3.86. The van der Waals surface area contributed by atoms with Gasteiger partial charge in [-0.25, -0.2) is 4.39 Å². The summed E-state index contributed by atoms with van der Waals surface area (Å²) in [5, 5.41) is 3.83. The maximum absolute atomic E-state index is 13.4. The maximum atomic E-state index is 13.4. The zero-order valence-electron chi connectivity index (χ0n) is 17.7. The molecule has 3 aromatic carbocycles. The van der Waals surface area contributed by atoms with Crippen LogP contribution in [0.4, 0.5) is 4.39 Å². The van der Waals surface area contributed by atoms with Crippen molar-refractivity contribution in [3.63, 3.8) is 0 Å². The molecule has 1 unspecified atom stereocenters. The summed E-state index contributed by atoms with van der Waals surface area (Å²) >= 11 is 0. The monoisotopic (exact) mass is 444 g/mol. The van der Waals surface area contributed by atoms with E-state index in [2.05, 4.69) is 5.32 Å². The van der Waals surface area contributed by atoms with Crippen LogP contribution in [0.3, 0.4) is 0 Å². The quantitative estimate of drug-likeness (QED) is 0.362. The molecule has 1 atom stereocenters. The third-order valence-corrected chi connectivity index (χ3v) is 5.75. The number of pyridine rings is 1. The van der Waals surface area contributed by atoms with Gasteiger partial charge in [0.25, 0.3) is 5.91 Å². The minimum atomic E-state index is -1.20. The Bertz CT molecular complexity index is 1360. The zero-order valence-corrected chi connectivity index (χ0v) is 17.7. The van der Waals surface area contributed by atoms with Crippen LogP contribution in [0.2, 0.25) is 0 Å². The van der Waals surface area contributed by atoms with Crippen LogP contribution >= 0.6 is 0 Å². The molecule has 5 rings (SSSR count). The van der Waals surface area contributed by atoms with E-state index in [1.54, 1.807) is 53.1 Å². The molecular weight excluding hydrogens is 423 g/mol. The standard InChI is InChI=1S/C26H21FN2O4/c27-17-11-9-16(10-12-17)25(26(32)28-18-13-14-18)33-23(30)15-29-21-7-3-1-5-19(21)24(31)20-6-2-4-8-22(20)29/h1-12,18,25H,13-15H2,(H,28,32). The molecule has 1 saturated carbocycles. The average Bonchev–Trinajstić information content (AvgIpc) is 3.65. The molecule has 1 N–H and O–H groups in total. The molecule has 1 aromatic heterocycles. The van der Waals surface area contributed by atoms with Gasteiger partial charge in [-0.3, -0.25) is 14.4 Å². The number of nitrogens with zero attached hydrogens (tertiary/aromatic N) is 1. The molecule has 0 spiro atoms.